The highest BCUT2D eigenvalue weighted by Gasteiger charge is 2.02. The molecule has 0 aliphatic carbocycles. The predicted molar refractivity (Wildman–Crippen MR) is 70.9 cm³/mol. The van der Waals surface area contributed by atoms with Crippen LogP contribution in [0.2, 0.25) is 0 Å². The number of carboxylic acids is 1. The van der Waals surface area contributed by atoms with Crippen LogP contribution in [0.3, 0.4) is 0 Å². The molecule has 0 atom stereocenters. The molecular weight excluding hydrogens is 255 g/mol. The molecule has 0 unspecified atom stereocenters. The number of aliphatic carboxylic acids is 1. The van der Waals surface area contributed by atoms with Crippen molar-refractivity contribution in [2.75, 3.05) is 12.4 Å². The van der Waals surface area contributed by atoms with E-state index in [1.54, 1.807) is 23.9 Å². The summed E-state index contributed by atoms with van der Waals surface area (Å²) in [6.07, 6.45) is 2.90. The van der Waals surface area contributed by atoms with Crippen LogP contribution in [0.15, 0.2) is 24.3 Å². The fourth-order valence-corrected chi connectivity index (χ4v) is 2.22. The van der Waals surface area contributed by atoms with E-state index in [1.165, 1.54) is 12.1 Å². The molecule has 1 rings (SSSR count). The van der Waals surface area contributed by atoms with Crippen molar-refractivity contribution in [3.63, 3.8) is 0 Å². The smallest absolute Gasteiger partial charge is 0.328 e. The molecule has 0 heterocycles. The van der Waals surface area contributed by atoms with Crippen molar-refractivity contribution in [2.24, 2.45) is 0 Å². The summed E-state index contributed by atoms with van der Waals surface area (Å²) in [6.45, 7) is 0.170. The van der Waals surface area contributed by atoms with Crippen molar-refractivity contribution < 1.29 is 19.4 Å². The van der Waals surface area contributed by atoms with Crippen LogP contribution in [-0.2, 0) is 10.5 Å². The Labute approximate surface area is 109 Å². The summed E-state index contributed by atoms with van der Waals surface area (Å²) >= 11 is 1.65. The fraction of sp³-hybridized carbons (Fsp3) is 0.308. The zero-order valence-corrected chi connectivity index (χ0v) is 10.6. The van der Waals surface area contributed by atoms with Crippen molar-refractivity contribution in [3.8, 4) is 0 Å². The Kier molecular flexibility index (Phi) is 6.46. The molecule has 0 aliphatic heterocycles. The minimum absolute atomic E-state index is 0.170. The van der Waals surface area contributed by atoms with Gasteiger partial charge < -0.3 is 10.2 Å². The van der Waals surface area contributed by atoms with Crippen LogP contribution in [-0.4, -0.2) is 28.5 Å². The lowest BCUT2D eigenvalue weighted by atomic mass is 10.1. The third kappa shape index (κ3) is 5.33. The van der Waals surface area contributed by atoms with E-state index in [0.29, 0.717) is 5.75 Å². The molecule has 0 radical (unpaired) electrons. The van der Waals surface area contributed by atoms with Crippen LogP contribution >= 0.6 is 11.8 Å². The number of benzene rings is 1. The van der Waals surface area contributed by atoms with Gasteiger partial charge in [-0.3, -0.25) is 0 Å². The quantitative estimate of drug-likeness (QED) is 0.590. The third-order valence-electron chi connectivity index (χ3n) is 2.18. The van der Waals surface area contributed by atoms with Crippen LogP contribution in [0.5, 0.6) is 0 Å². The maximum atomic E-state index is 13.4. The first kappa shape index (κ1) is 14.7. The Hall–Kier alpha value is -1.33. The van der Waals surface area contributed by atoms with E-state index in [2.05, 4.69) is 0 Å². The molecule has 3 nitrogen and oxygen atoms in total. The van der Waals surface area contributed by atoms with Crippen LogP contribution < -0.4 is 0 Å². The lowest BCUT2D eigenvalue weighted by Crippen LogP contribution is -1.91. The van der Waals surface area contributed by atoms with Gasteiger partial charge in [0.15, 0.2) is 0 Å². The van der Waals surface area contributed by atoms with Crippen LogP contribution in [0.4, 0.5) is 4.39 Å². The molecular formula is C13H15FO3S. The van der Waals surface area contributed by atoms with E-state index in [4.69, 9.17) is 10.2 Å². The Morgan fingerprint density at radius 1 is 1.44 bits per heavy atom. The number of aliphatic hydroxyl groups excluding tert-OH is 1. The van der Waals surface area contributed by atoms with Crippen molar-refractivity contribution in [1.29, 1.82) is 0 Å². The highest BCUT2D eigenvalue weighted by Crippen LogP contribution is 2.17. The third-order valence-corrected chi connectivity index (χ3v) is 3.30. The van der Waals surface area contributed by atoms with Gasteiger partial charge in [0.25, 0.3) is 0 Å². The number of carbonyl (C=O) groups is 1. The normalized spacial score (nSPS) is 11.0. The molecule has 0 fully saturated rings. The van der Waals surface area contributed by atoms with E-state index in [-0.39, 0.29) is 12.2 Å². The Morgan fingerprint density at radius 3 is 2.89 bits per heavy atom. The highest BCUT2D eigenvalue weighted by molar-refractivity contribution is 7.98. The number of aliphatic hydroxyl groups is 1. The second-order valence-corrected chi connectivity index (χ2v) is 4.76. The molecule has 0 spiro atoms. The van der Waals surface area contributed by atoms with Gasteiger partial charge in [-0.1, -0.05) is 6.07 Å². The minimum Gasteiger partial charge on any atom is -0.478 e. The Morgan fingerprint density at radius 2 is 2.22 bits per heavy atom. The number of carboxylic acid groups (broad SMARTS) is 1. The minimum atomic E-state index is -1.10. The molecule has 0 saturated heterocycles. The van der Waals surface area contributed by atoms with E-state index < -0.39 is 11.8 Å². The van der Waals surface area contributed by atoms with E-state index >= 15 is 0 Å². The monoisotopic (exact) mass is 270 g/mol. The molecule has 18 heavy (non-hydrogen) atoms. The van der Waals surface area contributed by atoms with Crippen LogP contribution in [0.25, 0.3) is 6.08 Å². The van der Waals surface area contributed by atoms with Gasteiger partial charge in [-0.2, -0.15) is 11.8 Å². The lowest BCUT2D eigenvalue weighted by Gasteiger charge is -2.03. The summed E-state index contributed by atoms with van der Waals surface area (Å²) in [4.78, 5) is 10.4. The molecule has 0 aromatic heterocycles. The van der Waals surface area contributed by atoms with Crippen molar-refractivity contribution in [3.05, 3.63) is 41.2 Å². The van der Waals surface area contributed by atoms with Gasteiger partial charge in [-0.15, -0.1) is 0 Å². The average molecular weight is 270 g/mol. The SMILES string of the molecule is O=C(O)C=Cc1cc(CSCCCO)ccc1F. The largest absolute Gasteiger partial charge is 0.478 e. The van der Waals surface area contributed by atoms with Gasteiger partial charge in [0.2, 0.25) is 0 Å². The van der Waals surface area contributed by atoms with E-state index in [1.807, 2.05) is 0 Å². The van der Waals surface area contributed by atoms with Gasteiger partial charge in [0, 0.05) is 24.0 Å². The van der Waals surface area contributed by atoms with Crippen molar-refractivity contribution >= 4 is 23.8 Å². The molecule has 0 bridgehead atoms. The second kappa shape index (κ2) is 7.89. The summed E-state index contributed by atoms with van der Waals surface area (Å²) in [5.41, 5.74) is 1.21. The maximum absolute atomic E-state index is 13.4. The summed E-state index contributed by atoms with van der Waals surface area (Å²) in [5.74, 6) is 0.0243. The zero-order chi connectivity index (χ0) is 13.4. The number of thioether (sulfide) groups is 1. The van der Waals surface area contributed by atoms with Gasteiger partial charge in [-0.25, -0.2) is 9.18 Å². The Bertz CT molecular complexity index is 432. The number of hydrogen-bond acceptors (Lipinski definition) is 3. The number of halogens is 1. The molecule has 0 amide bonds. The number of rotatable bonds is 7. The molecule has 5 heteroatoms. The first-order valence-electron chi connectivity index (χ1n) is 5.51. The molecule has 98 valence electrons. The first-order chi connectivity index (χ1) is 8.63. The summed E-state index contributed by atoms with van der Waals surface area (Å²) in [7, 11) is 0. The molecule has 0 saturated carbocycles. The molecule has 1 aromatic rings. The van der Waals surface area contributed by atoms with Crippen LogP contribution in [0, 0.1) is 5.82 Å². The second-order valence-electron chi connectivity index (χ2n) is 3.66. The average Bonchev–Trinajstić information content (AvgIpc) is 2.34. The van der Waals surface area contributed by atoms with Gasteiger partial charge in [0.1, 0.15) is 5.82 Å². The van der Waals surface area contributed by atoms with E-state index in [0.717, 1.165) is 23.8 Å². The highest BCUT2D eigenvalue weighted by atomic mass is 32.2. The Balaban J connectivity index is 2.65. The molecule has 1 aromatic carbocycles. The maximum Gasteiger partial charge on any atom is 0.328 e. The van der Waals surface area contributed by atoms with E-state index in [9.17, 15) is 9.18 Å². The summed E-state index contributed by atoms with van der Waals surface area (Å²) < 4.78 is 13.4. The van der Waals surface area contributed by atoms with Crippen molar-refractivity contribution in [1.82, 2.24) is 0 Å². The van der Waals surface area contributed by atoms with Crippen molar-refractivity contribution in [2.45, 2.75) is 12.2 Å². The standard InChI is InChI=1S/C13H15FO3S/c14-12-4-2-10(9-18-7-1-6-15)8-11(12)3-5-13(16)17/h2-5,8,15H,1,6-7,9H2,(H,16,17). The molecule has 2 N–H and O–H groups in total. The van der Waals surface area contributed by atoms with Crippen LogP contribution in [0.1, 0.15) is 17.5 Å². The lowest BCUT2D eigenvalue weighted by molar-refractivity contribution is -0.131. The van der Waals surface area contributed by atoms with Gasteiger partial charge in [-0.05, 0) is 35.9 Å². The topological polar surface area (TPSA) is 57.5 Å². The number of hydrogen-bond donors (Lipinski definition) is 2. The predicted octanol–water partition coefficient (Wildman–Crippen LogP) is 2.54. The summed E-state index contributed by atoms with van der Waals surface area (Å²) in [6, 6.07) is 4.66. The zero-order valence-electron chi connectivity index (χ0n) is 9.80. The first-order valence-corrected chi connectivity index (χ1v) is 6.67. The fourth-order valence-electron chi connectivity index (χ4n) is 1.33. The molecule has 0 aliphatic rings. The summed E-state index contributed by atoms with van der Waals surface area (Å²) in [5, 5.41) is 17.1. The van der Waals surface area contributed by atoms with Gasteiger partial charge in [0.05, 0.1) is 0 Å². The van der Waals surface area contributed by atoms with Gasteiger partial charge >= 0.3 is 5.97 Å².